The average molecular weight is 294 g/mol. The van der Waals surface area contributed by atoms with Crippen molar-refractivity contribution in [1.82, 2.24) is 9.55 Å². The van der Waals surface area contributed by atoms with Crippen molar-refractivity contribution in [2.24, 2.45) is 5.11 Å². The van der Waals surface area contributed by atoms with Crippen LogP contribution in [0.4, 0.5) is 5.82 Å². The first-order valence-corrected chi connectivity index (χ1v) is 6.74. The molecule has 21 heavy (non-hydrogen) atoms. The highest BCUT2D eigenvalue weighted by Gasteiger charge is 2.35. The maximum Gasteiger partial charge on any atom is 0.351 e. The van der Waals surface area contributed by atoms with Crippen molar-refractivity contribution in [1.29, 1.82) is 0 Å². The van der Waals surface area contributed by atoms with E-state index >= 15 is 0 Å². The molecule has 2 heterocycles. The van der Waals surface area contributed by atoms with Crippen LogP contribution in [-0.4, -0.2) is 40.0 Å². The van der Waals surface area contributed by atoms with Crippen LogP contribution in [0.25, 0.3) is 10.4 Å². The number of nitrogens with one attached hydrogen (secondary N) is 1. The van der Waals surface area contributed by atoms with E-state index in [2.05, 4.69) is 20.3 Å². The lowest BCUT2D eigenvalue weighted by molar-refractivity contribution is -0.0270. The highest BCUT2D eigenvalue weighted by atomic mass is 16.5. The van der Waals surface area contributed by atoms with Crippen molar-refractivity contribution in [3.05, 3.63) is 32.7 Å². The Labute approximate surface area is 121 Å². The lowest BCUT2D eigenvalue weighted by Gasteiger charge is -2.16. The monoisotopic (exact) mass is 294 g/mol. The van der Waals surface area contributed by atoms with Gasteiger partial charge in [0.2, 0.25) is 0 Å². The van der Waals surface area contributed by atoms with Gasteiger partial charge in [0.15, 0.2) is 0 Å². The molecule has 3 atom stereocenters. The van der Waals surface area contributed by atoms with Gasteiger partial charge in [0.1, 0.15) is 12.0 Å². The Balaban J connectivity index is 2.29. The zero-order chi connectivity index (χ0) is 15.4. The molecule has 1 unspecified atom stereocenters. The summed E-state index contributed by atoms with van der Waals surface area (Å²) < 4.78 is 6.95. The summed E-state index contributed by atoms with van der Waals surface area (Å²) in [7, 11) is 0. The van der Waals surface area contributed by atoms with Gasteiger partial charge >= 0.3 is 5.69 Å². The van der Waals surface area contributed by atoms with E-state index in [9.17, 15) is 9.90 Å². The van der Waals surface area contributed by atoms with E-state index in [1.807, 2.05) is 13.8 Å². The zero-order valence-corrected chi connectivity index (χ0v) is 11.9. The second kappa shape index (κ2) is 6.57. The number of rotatable bonds is 5. The zero-order valence-electron chi connectivity index (χ0n) is 11.9. The third-order valence-corrected chi connectivity index (χ3v) is 3.37. The number of aromatic nitrogens is 2. The molecule has 1 aromatic rings. The van der Waals surface area contributed by atoms with Crippen molar-refractivity contribution < 1.29 is 9.84 Å². The number of hydrogen-bond donors (Lipinski definition) is 2. The van der Waals surface area contributed by atoms with Gasteiger partial charge in [-0.25, -0.2) is 4.79 Å². The summed E-state index contributed by atoms with van der Waals surface area (Å²) in [5.41, 5.74) is 8.89. The summed E-state index contributed by atoms with van der Waals surface area (Å²) in [5.74, 6) is 0.544. The molecule has 2 rings (SSSR count). The molecule has 9 nitrogen and oxygen atoms in total. The molecule has 1 aromatic heterocycles. The van der Waals surface area contributed by atoms with Crippen LogP contribution in [0.1, 0.15) is 25.1 Å². The summed E-state index contributed by atoms with van der Waals surface area (Å²) >= 11 is 0. The number of aliphatic hydroxyl groups is 1. The Morgan fingerprint density at radius 3 is 3.10 bits per heavy atom. The molecule has 0 spiro atoms. The normalized spacial score (nSPS) is 24.6. The van der Waals surface area contributed by atoms with Gasteiger partial charge in [0.05, 0.1) is 18.8 Å². The minimum atomic E-state index is -0.605. The summed E-state index contributed by atoms with van der Waals surface area (Å²) in [6.45, 7) is 4.16. The van der Waals surface area contributed by atoms with Crippen molar-refractivity contribution in [3.63, 3.8) is 0 Å². The first kappa shape index (κ1) is 15.3. The van der Waals surface area contributed by atoms with E-state index < -0.39 is 24.1 Å². The Morgan fingerprint density at radius 1 is 1.71 bits per heavy atom. The number of aliphatic hydroxyl groups excluding tert-OH is 1. The number of azide groups is 1. The van der Waals surface area contributed by atoms with Crippen LogP contribution in [0.5, 0.6) is 0 Å². The maximum absolute atomic E-state index is 12.1. The van der Waals surface area contributed by atoms with Crippen molar-refractivity contribution in [2.45, 2.75) is 38.6 Å². The summed E-state index contributed by atoms with van der Waals surface area (Å²) in [4.78, 5) is 18.8. The van der Waals surface area contributed by atoms with Crippen LogP contribution in [0.3, 0.4) is 0 Å². The fourth-order valence-corrected chi connectivity index (χ4v) is 2.36. The van der Waals surface area contributed by atoms with Crippen molar-refractivity contribution >= 4 is 5.82 Å². The fourth-order valence-electron chi connectivity index (χ4n) is 2.36. The standard InChI is InChI=1S/C12H18N6O3/c1-3-14-11-7(2)5-18(12(20)15-11)10-4-8(16-17-13)9(6-19)21-10/h5,8-10,19H,3-4,6H2,1-2H3,(H,14,15,20)/t8?,9-,10-/m0/s1. The highest BCUT2D eigenvalue weighted by Crippen LogP contribution is 2.30. The Morgan fingerprint density at radius 2 is 2.48 bits per heavy atom. The largest absolute Gasteiger partial charge is 0.394 e. The molecule has 114 valence electrons. The van der Waals surface area contributed by atoms with Gasteiger partial charge in [-0.3, -0.25) is 4.57 Å². The molecule has 1 aliphatic rings. The van der Waals surface area contributed by atoms with Gasteiger partial charge in [0, 0.05) is 29.6 Å². The summed E-state index contributed by atoms with van der Waals surface area (Å²) in [6, 6.07) is -0.495. The second-order valence-corrected chi connectivity index (χ2v) is 4.81. The van der Waals surface area contributed by atoms with Gasteiger partial charge in [-0.05, 0) is 19.4 Å². The number of hydrogen-bond acceptors (Lipinski definition) is 6. The smallest absolute Gasteiger partial charge is 0.351 e. The molecular formula is C12H18N6O3. The molecule has 1 saturated heterocycles. The molecule has 0 radical (unpaired) electrons. The Hall–Kier alpha value is -2.09. The van der Waals surface area contributed by atoms with Crippen LogP contribution < -0.4 is 11.0 Å². The lowest BCUT2D eigenvalue weighted by atomic mass is 10.1. The predicted molar refractivity (Wildman–Crippen MR) is 75.9 cm³/mol. The highest BCUT2D eigenvalue weighted by molar-refractivity contribution is 5.41. The maximum atomic E-state index is 12.1. The number of ether oxygens (including phenoxy) is 1. The summed E-state index contributed by atoms with van der Waals surface area (Å²) in [5, 5.41) is 15.9. The lowest BCUT2D eigenvalue weighted by Crippen LogP contribution is -2.29. The third kappa shape index (κ3) is 3.15. The number of anilines is 1. The Kier molecular flexibility index (Phi) is 4.79. The topological polar surface area (TPSA) is 125 Å². The SMILES string of the molecule is CCNc1nc(=O)n([C@@H]2CC(N=[N+]=[N-])[C@H](CO)O2)cc1C. The predicted octanol–water partition coefficient (Wildman–Crippen LogP) is 0.942. The summed E-state index contributed by atoms with van der Waals surface area (Å²) in [6.07, 6.45) is 0.792. The second-order valence-electron chi connectivity index (χ2n) is 4.81. The molecule has 0 amide bonds. The van der Waals surface area contributed by atoms with E-state index in [4.69, 9.17) is 10.3 Å². The van der Waals surface area contributed by atoms with Gasteiger partial charge in [-0.2, -0.15) is 4.98 Å². The molecule has 9 heteroatoms. The number of nitrogens with zero attached hydrogens (tertiary/aromatic N) is 5. The fraction of sp³-hybridized carbons (Fsp3) is 0.667. The molecule has 0 aromatic carbocycles. The number of aryl methyl sites for hydroxylation is 1. The van der Waals surface area contributed by atoms with Crippen LogP contribution in [0.2, 0.25) is 0 Å². The Bertz CT molecular complexity index is 610. The van der Waals surface area contributed by atoms with Crippen molar-refractivity contribution in [3.8, 4) is 0 Å². The van der Waals surface area contributed by atoms with Crippen LogP contribution in [0.15, 0.2) is 16.1 Å². The average Bonchev–Trinajstić information content (AvgIpc) is 2.86. The van der Waals surface area contributed by atoms with E-state index in [-0.39, 0.29) is 6.61 Å². The van der Waals surface area contributed by atoms with Gasteiger partial charge in [0.25, 0.3) is 0 Å². The van der Waals surface area contributed by atoms with E-state index in [1.165, 1.54) is 4.57 Å². The molecule has 0 aliphatic carbocycles. The van der Waals surface area contributed by atoms with Gasteiger partial charge in [-0.1, -0.05) is 5.11 Å². The molecular weight excluding hydrogens is 276 g/mol. The van der Waals surface area contributed by atoms with Crippen LogP contribution in [0, 0.1) is 6.92 Å². The minimum Gasteiger partial charge on any atom is -0.394 e. The molecule has 0 saturated carbocycles. The van der Waals surface area contributed by atoms with Crippen LogP contribution in [-0.2, 0) is 4.74 Å². The third-order valence-electron chi connectivity index (χ3n) is 3.37. The van der Waals surface area contributed by atoms with Gasteiger partial charge < -0.3 is 15.2 Å². The van der Waals surface area contributed by atoms with E-state index in [0.717, 1.165) is 5.56 Å². The minimum absolute atomic E-state index is 0.267. The first-order valence-electron chi connectivity index (χ1n) is 6.74. The quantitative estimate of drug-likeness (QED) is 0.475. The molecule has 2 N–H and O–H groups in total. The molecule has 1 fully saturated rings. The van der Waals surface area contributed by atoms with E-state index in [1.54, 1.807) is 6.20 Å². The van der Waals surface area contributed by atoms with Crippen LogP contribution >= 0.6 is 0 Å². The molecule has 0 bridgehead atoms. The van der Waals surface area contributed by atoms with E-state index in [0.29, 0.717) is 18.8 Å². The van der Waals surface area contributed by atoms with Crippen molar-refractivity contribution in [2.75, 3.05) is 18.5 Å². The van der Waals surface area contributed by atoms with Gasteiger partial charge in [-0.15, -0.1) is 0 Å². The molecule has 1 aliphatic heterocycles. The first-order chi connectivity index (χ1) is 10.1.